The number of nitrogens with one attached hydrogen (secondary N) is 1. The first-order chi connectivity index (χ1) is 7.42. The summed E-state index contributed by atoms with van der Waals surface area (Å²) >= 11 is 0. The summed E-state index contributed by atoms with van der Waals surface area (Å²) in [7, 11) is 1.58. The Morgan fingerprint density at radius 2 is 1.75 bits per heavy atom. The van der Waals surface area contributed by atoms with Gasteiger partial charge in [-0.1, -0.05) is 0 Å². The average Bonchev–Trinajstić information content (AvgIpc) is 2.25. The quantitative estimate of drug-likeness (QED) is 0.799. The fourth-order valence-electron chi connectivity index (χ4n) is 1.00. The number of methoxy groups -OCH3 is 1. The number of carbonyl (C=O) groups excluding carboxylic acids is 1. The van der Waals surface area contributed by atoms with E-state index in [0.29, 0.717) is 11.3 Å². The highest BCUT2D eigenvalue weighted by Gasteiger charge is 2.13. The molecule has 0 radical (unpaired) electrons. The van der Waals surface area contributed by atoms with Gasteiger partial charge >= 0.3 is 0 Å². The summed E-state index contributed by atoms with van der Waals surface area (Å²) in [5, 5.41) is 0. The number of hydrogen-bond donors (Lipinski definition) is 1. The molecule has 0 bridgehead atoms. The lowest BCUT2D eigenvalue weighted by molar-refractivity contribution is -0.0589. The highest BCUT2D eigenvalue weighted by molar-refractivity contribution is 5.93. The molecule has 1 N–H and O–H groups in total. The highest BCUT2D eigenvalue weighted by Crippen LogP contribution is 2.11. The smallest absolute Gasteiger partial charge is 0.274 e. The number of ether oxygens (including phenoxy) is 1. The number of benzene rings is 1. The normalized spacial score (nSPS) is 11.0. The molecular formula is C12H17NO3. The molecule has 0 spiro atoms. The lowest BCUT2D eigenvalue weighted by Crippen LogP contribution is -2.33. The molecule has 1 aromatic rings. The molecule has 0 aliphatic carbocycles. The third kappa shape index (κ3) is 3.90. The Morgan fingerprint density at radius 1 is 1.19 bits per heavy atom. The topological polar surface area (TPSA) is 47.6 Å². The average molecular weight is 223 g/mol. The van der Waals surface area contributed by atoms with Crippen LogP contribution in [0.25, 0.3) is 0 Å². The van der Waals surface area contributed by atoms with Crippen LogP contribution in [0.2, 0.25) is 0 Å². The van der Waals surface area contributed by atoms with Crippen LogP contribution in [0.5, 0.6) is 5.75 Å². The van der Waals surface area contributed by atoms with Crippen molar-refractivity contribution in [3.05, 3.63) is 29.8 Å². The van der Waals surface area contributed by atoms with Crippen LogP contribution in [0.4, 0.5) is 0 Å². The van der Waals surface area contributed by atoms with Crippen molar-refractivity contribution in [3.8, 4) is 5.75 Å². The zero-order valence-electron chi connectivity index (χ0n) is 10.0. The Labute approximate surface area is 95.5 Å². The van der Waals surface area contributed by atoms with E-state index in [4.69, 9.17) is 9.57 Å². The minimum Gasteiger partial charge on any atom is -0.497 e. The number of rotatable bonds is 3. The molecule has 1 amide bonds. The molecular weight excluding hydrogens is 206 g/mol. The van der Waals surface area contributed by atoms with E-state index in [2.05, 4.69) is 5.48 Å². The van der Waals surface area contributed by atoms with Crippen LogP contribution < -0.4 is 10.2 Å². The first-order valence-corrected chi connectivity index (χ1v) is 5.05. The molecule has 0 fully saturated rings. The lowest BCUT2D eigenvalue weighted by Gasteiger charge is -2.18. The molecule has 0 aliphatic heterocycles. The molecule has 0 saturated carbocycles. The molecule has 4 nitrogen and oxygen atoms in total. The van der Waals surface area contributed by atoms with Crippen molar-refractivity contribution in [1.29, 1.82) is 0 Å². The van der Waals surface area contributed by atoms with Gasteiger partial charge in [-0.05, 0) is 45.0 Å². The number of carbonyl (C=O) groups is 1. The first-order valence-electron chi connectivity index (χ1n) is 5.05. The molecule has 0 saturated heterocycles. The standard InChI is InChI=1S/C12H17NO3/c1-12(2,3)16-13-11(14)9-5-7-10(15-4)8-6-9/h5-8H,1-4H3,(H,13,14). The van der Waals surface area contributed by atoms with Gasteiger partial charge in [0.2, 0.25) is 0 Å². The van der Waals surface area contributed by atoms with Gasteiger partial charge in [0.15, 0.2) is 0 Å². The SMILES string of the molecule is COc1ccc(C(=O)NOC(C)(C)C)cc1. The van der Waals surface area contributed by atoms with Crippen molar-refractivity contribution < 1.29 is 14.4 Å². The summed E-state index contributed by atoms with van der Waals surface area (Å²) in [4.78, 5) is 16.8. The van der Waals surface area contributed by atoms with Gasteiger partial charge in [0.1, 0.15) is 5.75 Å². The largest absolute Gasteiger partial charge is 0.497 e. The molecule has 1 aromatic carbocycles. The predicted octanol–water partition coefficient (Wildman–Crippen LogP) is 2.16. The minimum absolute atomic E-state index is 0.266. The van der Waals surface area contributed by atoms with Crippen molar-refractivity contribution in [3.63, 3.8) is 0 Å². The monoisotopic (exact) mass is 223 g/mol. The zero-order chi connectivity index (χ0) is 12.2. The third-order valence-electron chi connectivity index (χ3n) is 1.80. The summed E-state index contributed by atoms with van der Waals surface area (Å²) in [6, 6.07) is 6.82. The Hall–Kier alpha value is -1.55. The molecule has 0 atom stereocenters. The molecule has 16 heavy (non-hydrogen) atoms. The Balaban J connectivity index is 2.59. The van der Waals surface area contributed by atoms with Crippen molar-refractivity contribution in [2.75, 3.05) is 7.11 Å². The van der Waals surface area contributed by atoms with E-state index in [1.165, 1.54) is 0 Å². The van der Waals surface area contributed by atoms with Crippen LogP contribution in [0, 0.1) is 0 Å². The van der Waals surface area contributed by atoms with Crippen LogP contribution >= 0.6 is 0 Å². The maximum absolute atomic E-state index is 11.6. The van der Waals surface area contributed by atoms with Crippen LogP contribution in [0.15, 0.2) is 24.3 Å². The summed E-state index contributed by atoms with van der Waals surface area (Å²) in [6.45, 7) is 5.59. The van der Waals surface area contributed by atoms with Gasteiger partial charge in [0, 0.05) is 5.56 Å². The van der Waals surface area contributed by atoms with E-state index in [0.717, 1.165) is 0 Å². The Bertz CT molecular complexity index is 352. The van der Waals surface area contributed by atoms with Gasteiger partial charge in [0.05, 0.1) is 12.7 Å². The summed E-state index contributed by atoms with van der Waals surface area (Å²) < 4.78 is 5.00. The summed E-state index contributed by atoms with van der Waals surface area (Å²) in [5.74, 6) is 0.450. The van der Waals surface area contributed by atoms with Gasteiger partial charge in [0.25, 0.3) is 5.91 Å². The third-order valence-corrected chi connectivity index (χ3v) is 1.80. The maximum atomic E-state index is 11.6. The number of amides is 1. The molecule has 0 aromatic heterocycles. The Morgan fingerprint density at radius 3 is 2.19 bits per heavy atom. The van der Waals surface area contributed by atoms with Crippen molar-refractivity contribution in [2.24, 2.45) is 0 Å². The van der Waals surface area contributed by atoms with E-state index in [9.17, 15) is 4.79 Å². The fraction of sp³-hybridized carbons (Fsp3) is 0.417. The van der Waals surface area contributed by atoms with E-state index in [1.54, 1.807) is 31.4 Å². The van der Waals surface area contributed by atoms with Gasteiger partial charge in [-0.3, -0.25) is 9.63 Å². The first kappa shape index (κ1) is 12.5. The van der Waals surface area contributed by atoms with E-state index >= 15 is 0 Å². The highest BCUT2D eigenvalue weighted by atomic mass is 16.7. The minimum atomic E-state index is -0.401. The van der Waals surface area contributed by atoms with E-state index in [-0.39, 0.29) is 5.91 Å². The van der Waals surface area contributed by atoms with Crippen LogP contribution in [0.1, 0.15) is 31.1 Å². The van der Waals surface area contributed by atoms with Crippen LogP contribution in [0.3, 0.4) is 0 Å². The molecule has 0 aliphatic rings. The van der Waals surface area contributed by atoms with Gasteiger partial charge in [-0.25, -0.2) is 5.48 Å². The summed E-state index contributed by atoms with van der Waals surface area (Å²) in [6.07, 6.45) is 0. The van der Waals surface area contributed by atoms with Gasteiger partial charge in [-0.2, -0.15) is 0 Å². The maximum Gasteiger partial charge on any atom is 0.274 e. The van der Waals surface area contributed by atoms with Crippen LogP contribution in [-0.4, -0.2) is 18.6 Å². The van der Waals surface area contributed by atoms with E-state index < -0.39 is 5.60 Å². The molecule has 0 heterocycles. The number of hydrogen-bond acceptors (Lipinski definition) is 3. The molecule has 0 unspecified atom stereocenters. The van der Waals surface area contributed by atoms with Gasteiger partial charge in [-0.15, -0.1) is 0 Å². The Kier molecular flexibility index (Phi) is 3.90. The second kappa shape index (κ2) is 4.99. The fourth-order valence-corrected chi connectivity index (χ4v) is 1.00. The molecule has 88 valence electrons. The lowest BCUT2D eigenvalue weighted by atomic mass is 10.2. The second-order valence-electron chi connectivity index (χ2n) is 4.37. The van der Waals surface area contributed by atoms with Crippen molar-refractivity contribution >= 4 is 5.91 Å². The van der Waals surface area contributed by atoms with Crippen molar-refractivity contribution in [1.82, 2.24) is 5.48 Å². The predicted molar refractivity (Wildman–Crippen MR) is 61.3 cm³/mol. The van der Waals surface area contributed by atoms with Crippen LogP contribution in [-0.2, 0) is 4.84 Å². The molecule has 4 heteroatoms. The van der Waals surface area contributed by atoms with Gasteiger partial charge < -0.3 is 4.74 Å². The number of hydroxylamine groups is 1. The zero-order valence-corrected chi connectivity index (χ0v) is 10.0. The van der Waals surface area contributed by atoms with Crippen molar-refractivity contribution in [2.45, 2.75) is 26.4 Å². The van der Waals surface area contributed by atoms with E-state index in [1.807, 2.05) is 20.8 Å². The second-order valence-corrected chi connectivity index (χ2v) is 4.37. The molecule has 1 rings (SSSR count). The summed E-state index contributed by atoms with van der Waals surface area (Å²) in [5.41, 5.74) is 2.53.